The molecule has 6 nitrogen and oxygen atoms in total. The average Bonchev–Trinajstić information content (AvgIpc) is 2.85. The van der Waals surface area contributed by atoms with Gasteiger partial charge in [-0.05, 0) is 42.8 Å². The molecular formula is C20H17N5O. The van der Waals surface area contributed by atoms with Crippen molar-refractivity contribution in [2.45, 2.75) is 6.42 Å². The van der Waals surface area contributed by atoms with Crippen LogP contribution >= 0.6 is 0 Å². The number of nitriles is 1. The summed E-state index contributed by atoms with van der Waals surface area (Å²) in [6.45, 7) is 1.38. The van der Waals surface area contributed by atoms with Crippen LogP contribution in [0.1, 0.15) is 22.3 Å². The van der Waals surface area contributed by atoms with E-state index in [9.17, 15) is 4.79 Å². The molecule has 1 amide bonds. The zero-order valence-electron chi connectivity index (χ0n) is 14.4. The number of carbonyl (C=O) groups excluding carboxylic acids is 1. The van der Waals surface area contributed by atoms with Crippen molar-refractivity contribution < 1.29 is 4.79 Å². The third-order valence-corrected chi connectivity index (χ3v) is 4.53. The molecule has 3 aromatic rings. The topological polar surface area (TPSA) is 73.1 Å². The van der Waals surface area contributed by atoms with Crippen molar-refractivity contribution >= 4 is 28.6 Å². The van der Waals surface area contributed by atoms with Crippen LogP contribution in [0.25, 0.3) is 11.0 Å². The quantitative estimate of drug-likeness (QED) is 0.679. The van der Waals surface area contributed by atoms with Gasteiger partial charge in [-0.3, -0.25) is 9.69 Å². The number of aromatic nitrogens is 2. The molecule has 4 rings (SSSR count). The Kier molecular flexibility index (Phi) is 3.98. The van der Waals surface area contributed by atoms with Gasteiger partial charge in [0.15, 0.2) is 11.6 Å². The Labute approximate surface area is 151 Å². The van der Waals surface area contributed by atoms with Crippen LogP contribution in [-0.2, 0) is 0 Å². The van der Waals surface area contributed by atoms with E-state index in [1.807, 2.05) is 36.2 Å². The van der Waals surface area contributed by atoms with Gasteiger partial charge in [0.1, 0.15) is 0 Å². The predicted octanol–water partition coefficient (Wildman–Crippen LogP) is 2.99. The first-order valence-corrected chi connectivity index (χ1v) is 8.47. The van der Waals surface area contributed by atoms with Crippen LogP contribution in [0.15, 0.2) is 48.5 Å². The Hall–Kier alpha value is -3.46. The van der Waals surface area contributed by atoms with Crippen molar-refractivity contribution in [2.75, 3.05) is 29.9 Å². The van der Waals surface area contributed by atoms with Crippen LogP contribution in [0, 0.1) is 11.3 Å². The van der Waals surface area contributed by atoms with Crippen LogP contribution in [0.2, 0.25) is 0 Å². The van der Waals surface area contributed by atoms with Gasteiger partial charge in [-0.1, -0.05) is 12.1 Å². The highest BCUT2D eigenvalue weighted by Gasteiger charge is 2.27. The maximum absolute atomic E-state index is 13.1. The first-order chi connectivity index (χ1) is 12.7. The zero-order chi connectivity index (χ0) is 18.1. The Morgan fingerprint density at radius 2 is 1.65 bits per heavy atom. The van der Waals surface area contributed by atoms with Crippen LogP contribution in [0.3, 0.4) is 0 Å². The lowest BCUT2D eigenvalue weighted by Gasteiger charge is -2.23. The third kappa shape index (κ3) is 2.74. The normalized spacial score (nSPS) is 13.8. The molecule has 0 fully saturated rings. The second-order valence-corrected chi connectivity index (χ2v) is 6.28. The SMILES string of the molecule is CN1CCCN(C(=O)c2ccc(C#N)cc2)c2nc3ccccc3nc21. The molecule has 0 atom stereocenters. The first-order valence-electron chi connectivity index (χ1n) is 8.47. The molecule has 1 aliphatic rings. The van der Waals surface area contributed by atoms with Gasteiger partial charge in [0.25, 0.3) is 5.91 Å². The Balaban J connectivity index is 1.81. The molecule has 26 heavy (non-hydrogen) atoms. The highest BCUT2D eigenvalue weighted by molar-refractivity contribution is 6.07. The number of hydrogen-bond acceptors (Lipinski definition) is 5. The molecule has 128 valence electrons. The van der Waals surface area contributed by atoms with Crippen molar-refractivity contribution in [1.82, 2.24) is 9.97 Å². The van der Waals surface area contributed by atoms with Crippen molar-refractivity contribution in [3.8, 4) is 6.07 Å². The summed E-state index contributed by atoms with van der Waals surface area (Å²) in [5.74, 6) is 1.16. The summed E-state index contributed by atoms with van der Waals surface area (Å²) < 4.78 is 0. The molecule has 6 heteroatoms. The molecule has 1 aromatic heterocycles. The molecule has 0 unspecified atom stereocenters. The van der Waals surface area contributed by atoms with Gasteiger partial charge in [-0.2, -0.15) is 5.26 Å². The summed E-state index contributed by atoms with van der Waals surface area (Å²) in [5, 5.41) is 8.94. The highest BCUT2D eigenvalue weighted by atomic mass is 16.2. The van der Waals surface area contributed by atoms with E-state index < -0.39 is 0 Å². The largest absolute Gasteiger partial charge is 0.357 e. The van der Waals surface area contributed by atoms with E-state index in [1.165, 1.54) is 0 Å². The standard InChI is InChI=1S/C20H17N5O/c1-24-11-4-12-25(20(26)15-9-7-14(13-21)8-10-15)19-18(24)22-16-5-2-3-6-17(16)23-19/h2-3,5-10H,4,11-12H2,1H3. The lowest BCUT2D eigenvalue weighted by molar-refractivity contribution is 0.0986. The van der Waals surface area contributed by atoms with E-state index in [4.69, 9.17) is 15.2 Å². The number of fused-ring (bicyclic) bond motifs is 2. The number of benzene rings is 2. The maximum Gasteiger partial charge on any atom is 0.259 e. The maximum atomic E-state index is 13.1. The molecule has 0 N–H and O–H groups in total. The third-order valence-electron chi connectivity index (χ3n) is 4.53. The minimum atomic E-state index is -0.129. The van der Waals surface area contributed by atoms with Gasteiger partial charge in [0.2, 0.25) is 0 Å². The van der Waals surface area contributed by atoms with E-state index in [0.717, 1.165) is 24.0 Å². The first kappa shape index (κ1) is 16.0. The predicted molar refractivity (Wildman–Crippen MR) is 100 cm³/mol. The molecule has 0 saturated carbocycles. The summed E-state index contributed by atoms with van der Waals surface area (Å²) in [6.07, 6.45) is 0.826. The summed E-state index contributed by atoms with van der Waals surface area (Å²) in [7, 11) is 1.97. The molecule has 2 heterocycles. The van der Waals surface area contributed by atoms with Crippen molar-refractivity contribution in [3.63, 3.8) is 0 Å². The fourth-order valence-corrected chi connectivity index (χ4v) is 3.14. The van der Waals surface area contributed by atoms with Gasteiger partial charge in [0, 0.05) is 25.7 Å². The van der Waals surface area contributed by atoms with Crippen LogP contribution in [0.5, 0.6) is 0 Å². The van der Waals surface area contributed by atoms with Crippen LogP contribution < -0.4 is 9.80 Å². The highest BCUT2D eigenvalue weighted by Crippen LogP contribution is 2.31. The lowest BCUT2D eigenvalue weighted by Crippen LogP contribution is -2.32. The van der Waals surface area contributed by atoms with E-state index in [0.29, 0.717) is 29.3 Å². The second-order valence-electron chi connectivity index (χ2n) is 6.28. The fourth-order valence-electron chi connectivity index (χ4n) is 3.14. The summed E-state index contributed by atoms with van der Waals surface area (Å²) in [5.41, 5.74) is 2.64. The minimum absolute atomic E-state index is 0.129. The van der Waals surface area contributed by atoms with Gasteiger partial charge < -0.3 is 4.90 Å². The molecule has 0 radical (unpaired) electrons. The van der Waals surface area contributed by atoms with E-state index in [1.54, 1.807) is 29.2 Å². The van der Waals surface area contributed by atoms with Gasteiger partial charge in [0.05, 0.1) is 22.7 Å². The van der Waals surface area contributed by atoms with Crippen molar-refractivity contribution in [3.05, 3.63) is 59.7 Å². The molecular weight excluding hydrogens is 326 g/mol. The van der Waals surface area contributed by atoms with Gasteiger partial charge in [-0.25, -0.2) is 9.97 Å². The van der Waals surface area contributed by atoms with E-state index in [-0.39, 0.29) is 5.91 Å². The number of carbonyl (C=O) groups is 1. The number of nitrogens with zero attached hydrogens (tertiary/aromatic N) is 5. The van der Waals surface area contributed by atoms with Gasteiger partial charge in [-0.15, -0.1) is 0 Å². The van der Waals surface area contributed by atoms with Crippen molar-refractivity contribution in [2.24, 2.45) is 0 Å². The molecule has 0 aliphatic carbocycles. The summed E-state index contributed by atoms with van der Waals surface area (Å²) in [4.78, 5) is 26.3. The Bertz CT molecular complexity index is 1020. The summed E-state index contributed by atoms with van der Waals surface area (Å²) >= 11 is 0. The number of para-hydroxylation sites is 2. The minimum Gasteiger partial charge on any atom is -0.357 e. The number of anilines is 2. The van der Waals surface area contributed by atoms with Gasteiger partial charge >= 0.3 is 0 Å². The molecule has 0 bridgehead atoms. The molecule has 2 aromatic carbocycles. The number of hydrogen-bond donors (Lipinski definition) is 0. The Morgan fingerprint density at radius 3 is 2.31 bits per heavy atom. The zero-order valence-corrected chi connectivity index (χ0v) is 14.4. The average molecular weight is 343 g/mol. The van der Waals surface area contributed by atoms with Crippen LogP contribution in [-0.4, -0.2) is 36.0 Å². The second kappa shape index (κ2) is 6.45. The number of amides is 1. The molecule has 1 aliphatic heterocycles. The lowest BCUT2D eigenvalue weighted by atomic mass is 10.1. The van der Waals surface area contributed by atoms with E-state index >= 15 is 0 Å². The molecule has 0 spiro atoms. The fraction of sp³-hybridized carbons (Fsp3) is 0.200. The summed E-state index contributed by atoms with van der Waals surface area (Å²) in [6, 6.07) is 16.4. The monoisotopic (exact) mass is 343 g/mol. The smallest absolute Gasteiger partial charge is 0.259 e. The van der Waals surface area contributed by atoms with Crippen molar-refractivity contribution in [1.29, 1.82) is 5.26 Å². The Morgan fingerprint density at radius 1 is 1.00 bits per heavy atom. The van der Waals surface area contributed by atoms with Crippen LogP contribution in [0.4, 0.5) is 11.6 Å². The number of rotatable bonds is 1. The van der Waals surface area contributed by atoms with E-state index in [2.05, 4.69) is 6.07 Å². The molecule has 0 saturated heterocycles.